The van der Waals surface area contributed by atoms with E-state index in [1.165, 1.54) is 0 Å². The van der Waals surface area contributed by atoms with Gasteiger partial charge in [0, 0.05) is 25.2 Å². The number of carbonyl (C=O) groups is 1. The standard InChI is InChI=1S/C15H25N3O/c1-5-6-7-14(19)18-11-10-17(15(2,3)4)12-13(18)8-9-16/h6-7,13H,5,8,10-12H2,1-4H3/b7-6+/t13-/m0/s1. The second kappa shape index (κ2) is 6.72. The minimum atomic E-state index is 0.00646. The molecule has 1 fully saturated rings. The largest absolute Gasteiger partial charge is 0.333 e. The Labute approximate surface area is 116 Å². The zero-order valence-electron chi connectivity index (χ0n) is 12.5. The van der Waals surface area contributed by atoms with E-state index in [0.29, 0.717) is 13.0 Å². The molecule has 1 amide bonds. The minimum Gasteiger partial charge on any atom is -0.333 e. The Morgan fingerprint density at radius 2 is 2.11 bits per heavy atom. The number of nitrogens with zero attached hydrogens (tertiary/aromatic N) is 3. The molecule has 106 valence electrons. The van der Waals surface area contributed by atoms with Crippen LogP contribution in [0.5, 0.6) is 0 Å². The molecule has 0 aromatic heterocycles. The predicted octanol–water partition coefficient (Wildman–Crippen LogP) is 2.18. The maximum atomic E-state index is 12.1. The lowest BCUT2D eigenvalue weighted by Gasteiger charge is -2.46. The normalized spacial score (nSPS) is 21.6. The van der Waals surface area contributed by atoms with Crippen LogP contribution in [-0.4, -0.2) is 46.9 Å². The van der Waals surface area contributed by atoms with Crippen LogP contribution < -0.4 is 0 Å². The molecular weight excluding hydrogens is 238 g/mol. The molecule has 0 aromatic rings. The van der Waals surface area contributed by atoms with Gasteiger partial charge in [-0.2, -0.15) is 5.26 Å². The lowest BCUT2D eigenvalue weighted by atomic mass is 10.0. The van der Waals surface area contributed by atoms with E-state index in [4.69, 9.17) is 5.26 Å². The van der Waals surface area contributed by atoms with Crippen molar-refractivity contribution in [3.05, 3.63) is 12.2 Å². The summed E-state index contributed by atoms with van der Waals surface area (Å²) in [5, 5.41) is 8.96. The first-order chi connectivity index (χ1) is 8.90. The zero-order chi connectivity index (χ0) is 14.5. The Bertz CT molecular complexity index is 376. The van der Waals surface area contributed by atoms with E-state index in [1.807, 2.05) is 17.9 Å². The molecule has 1 heterocycles. The first-order valence-corrected chi connectivity index (χ1v) is 6.99. The monoisotopic (exact) mass is 263 g/mol. The van der Waals surface area contributed by atoms with Crippen LogP contribution >= 0.6 is 0 Å². The van der Waals surface area contributed by atoms with Gasteiger partial charge in [-0.3, -0.25) is 9.69 Å². The molecule has 0 saturated carbocycles. The molecule has 0 unspecified atom stereocenters. The number of amides is 1. The van der Waals surface area contributed by atoms with Gasteiger partial charge in [0.1, 0.15) is 0 Å². The molecule has 19 heavy (non-hydrogen) atoms. The molecule has 0 aromatic carbocycles. The highest BCUT2D eigenvalue weighted by molar-refractivity contribution is 5.88. The summed E-state index contributed by atoms with van der Waals surface area (Å²) in [4.78, 5) is 16.3. The van der Waals surface area contributed by atoms with Gasteiger partial charge in [-0.05, 0) is 33.3 Å². The van der Waals surface area contributed by atoms with E-state index in [1.54, 1.807) is 6.08 Å². The third-order valence-electron chi connectivity index (χ3n) is 3.54. The maximum Gasteiger partial charge on any atom is 0.246 e. The summed E-state index contributed by atoms with van der Waals surface area (Å²) in [7, 11) is 0. The van der Waals surface area contributed by atoms with Crippen LogP contribution in [0.4, 0.5) is 0 Å². The second-order valence-electron chi connectivity index (χ2n) is 5.98. The lowest BCUT2D eigenvalue weighted by Crippen LogP contribution is -2.59. The van der Waals surface area contributed by atoms with Gasteiger partial charge in [-0.1, -0.05) is 13.0 Å². The maximum absolute atomic E-state index is 12.1. The van der Waals surface area contributed by atoms with Gasteiger partial charge in [0.05, 0.1) is 18.5 Å². The van der Waals surface area contributed by atoms with Crippen molar-refractivity contribution in [2.45, 2.75) is 52.1 Å². The van der Waals surface area contributed by atoms with E-state index < -0.39 is 0 Å². The molecule has 1 rings (SSSR count). The van der Waals surface area contributed by atoms with Crippen molar-refractivity contribution < 1.29 is 4.79 Å². The van der Waals surface area contributed by atoms with Gasteiger partial charge in [-0.25, -0.2) is 0 Å². The molecule has 0 aliphatic carbocycles. The van der Waals surface area contributed by atoms with Crippen LogP contribution in [0.15, 0.2) is 12.2 Å². The van der Waals surface area contributed by atoms with Crippen LogP contribution in [0, 0.1) is 11.3 Å². The van der Waals surface area contributed by atoms with E-state index in [9.17, 15) is 4.79 Å². The Kier molecular flexibility index (Phi) is 5.56. The van der Waals surface area contributed by atoms with Gasteiger partial charge in [-0.15, -0.1) is 0 Å². The number of hydrogen-bond acceptors (Lipinski definition) is 3. The SMILES string of the molecule is CC/C=C/C(=O)N1CCN(C(C)(C)C)C[C@@H]1CC#N. The van der Waals surface area contributed by atoms with Crippen molar-refractivity contribution in [1.82, 2.24) is 9.80 Å². The lowest BCUT2D eigenvalue weighted by molar-refractivity contribution is -0.131. The predicted molar refractivity (Wildman–Crippen MR) is 76.5 cm³/mol. The molecule has 0 bridgehead atoms. The number of piperazine rings is 1. The highest BCUT2D eigenvalue weighted by atomic mass is 16.2. The van der Waals surface area contributed by atoms with Crippen LogP contribution in [0.3, 0.4) is 0 Å². The first-order valence-electron chi connectivity index (χ1n) is 6.99. The molecule has 1 aliphatic heterocycles. The number of carbonyl (C=O) groups excluding carboxylic acids is 1. The molecule has 1 aliphatic rings. The minimum absolute atomic E-state index is 0.00646. The van der Waals surface area contributed by atoms with Crippen molar-refractivity contribution in [1.29, 1.82) is 5.26 Å². The summed E-state index contributed by atoms with van der Waals surface area (Å²) in [5.41, 5.74) is 0.0854. The van der Waals surface area contributed by atoms with Gasteiger partial charge >= 0.3 is 0 Å². The van der Waals surface area contributed by atoms with Crippen molar-refractivity contribution in [2.24, 2.45) is 0 Å². The average Bonchev–Trinajstić information content (AvgIpc) is 2.35. The van der Waals surface area contributed by atoms with Gasteiger partial charge in [0.2, 0.25) is 5.91 Å². The quantitative estimate of drug-likeness (QED) is 0.733. The fourth-order valence-corrected chi connectivity index (χ4v) is 2.35. The summed E-state index contributed by atoms with van der Waals surface area (Å²) < 4.78 is 0. The molecule has 0 radical (unpaired) electrons. The highest BCUT2D eigenvalue weighted by Crippen LogP contribution is 2.21. The molecule has 1 atom stereocenters. The average molecular weight is 263 g/mol. The summed E-state index contributed by atoms with van der Waals surface area (Å²) in [6.45, 7) is 10.9. The molecule has 0 N–H and O–H groups in total. The van der Waals surface area contributed by atoms with Crippen molar-refractivity contribution >= 4 is 5.91 Å². The summed E-state index contributed by atoms with van der Waals surface area (Å²) in [5.74, 6) is 0.0376. The number of rotatable bonds is 3. The van der Waals surface area contributed by atoms with Crippen molar-refractivity contribution in [2.75, 3.05) is 19.6 Å². The number of nitriles is 1. The molecule has 0 spiro atoms. The molecular formula is C15H25N3O. The number of hydrogen-bond donors (Lipinski definition) is 0. The summed E-state index contributed by atoms with van der Waals surface area (Å²) >= 11 is 0. The van der Waals surface area contributed by atoms with Crippen LogP contribution in [0.1, 0.15) is 40.5 Å². The fourth-order valence-electron chi connectivity index (χ4n) is 2.35. The topological polar surface area (TPSA) is 47.3 Å². The Hall–Kier alpha value is -1.34. The van der Waals surface area contributed by atoms with E-state index >= 15 is 0 Å². The zero-order valence-corrected chi connectivity index (χ0v) is 12.5. The molecule has 1 saturated heterocycles. The second-order valence-corrected chi connectivity index (χ2v) is 5.98. The Balaban J connectivity index is 2.77. The van der Waals surface area contributed by atoms with Gasteiger partial charge in [0.15, 0.2) is 0 Å². The molecule has 4 nitrogen and oxygen atoms in total. The fraction of sp³-hybridized carbons (Fsp3) is 0.733. The van der Waals surface area contributed by atoms with E-state index in [-0.39, 0.29) is 17.5 Å². The highest BCUT2D eigenvalue weighted by Gasteiger charge is 2.33. The molecule has 4 heteroatoms. The van der Waals surface area contributed by atoms with Crippen LogP contribution in [0.2, 0.25) is 0 Å². The van der Waals surface area contributed by atoms with Crippen molar-refractivity contribution in [3.63, 3.8) is 0 Å². The first kappa shape index (κ1) is 15.7. The van der Waals surface area contributed by atoms with E-state index in [0.717, 1.165) is 19.5 Å². The third-order valence-corrected chi connectivity index (χ3v) is 3.54. The smallest absolute Gasteiger partial charge is 0.246 e. The Morgan fingerprint density at radius 1 is 1.42 bits per heavy atom. The third kappa shape index (κ3) is 4.36. The van der Waals surface area contributed by atoms with Gasteiger partial charge < -0.3 is 4.90 Å². The summed E-state index contributed by atoms with van der Waals surface area (Å²) in [6, 6.07) is 2.21. The van der Waals surface area contributed by atoms with E-state index in [2.05, 4.69) is 31.7 Å². The van der Waals surface area contributed by atoms with Crippen LogP contribution in [-0.2, 0) is 4.79 Å². The number of allylic oxidation sites excluding steroid dienone is 1. The van der Waals surface area contributed by atoms with Crippen molar-refractivity contribution in [3.8, 4) is 6.07 Å². The van der Waals surface area contributed by atoms with Crippen LogP contribution in [0.25, 0.3) is 0 Å². The summed E-state index contributed by atoms with van der Waals surface area (Å²) in [6.07, 6.45) is 4.77. The van der Waals surface area contributed by atoms with Gasteiger partial charge in [0.25, 0.3) is 0 Å². The Morgan fingerprint density at radius 3 is 2.63 bits per heavy atom.